The van der Waals surface area contributed by atoms with Crippen molar-refractivity contribution in [1.82, 2.24) is 0 Å². The second kappa shape index (κ2) is 1.97. The lowest BCUT2D eigenvalue weighted by molar-refractivity contribution is 0.401. The van der Waals surface area contributed by atoms with Gasteiger partial charge in [-0.3, -0.25) is 0 Å². The third-order valence-electron chi connectivity index (χ3n) is 1.14. The van der Waals surface area contributed by atoms with Crippen LogP contribution in [-0.4, -0.2) is 10.2 Å². The van der Waals surface area contributed by atoms with E-state index in [0.29, 0.717) is 5.56 Å². The maximum atomic E-state index is 9.02. The molecule has 0 spiro atoms. The molecule has 0 aromatic heterocycles. The topological polar surface area (TPSA) is 40.5 Å². The lowest BCUT2D eigenvalue weighted by Crippen LogP contribution is -1.72. The van der Waals surface area contributed by atoms with Crippen molar-refractivity contribution in [2.24, 2.45) is 0 Å². The molecule has 0 saturated heterocycles. The first kappa shape index (κ1) is 4.68. The van der Waals surface area contributed by atoms with Gasteiger partial charge in [0.2, 0.25) is 0 Å². The van der Waals surface area contributed by atoms with E-state index in [-0.39, 0.29) is 17.5 Å². The summed E-state index contributed by atoms with van der Waals surface area (Å²) in [4.78, 5) is 0. The van der Waals surface area contributed by atoms with Gasteiger partial charge in [0.1, 0.15) is 0 Å². The number of rotatable bonds is 0. The number of phenols is 2. The molecule has 0 saturated carbocycles. The second-order valence-corrected chi connectivity index (χ2v) is 1.84. The Hall–Kier alpha value is -1.18. The number of hydrogen-bond acceptors (Lipinski definition) is 2. The molecule has 0 aliphatic heterocycles. The van der Waals surface area contributed by atoms with Gasteiger partial charge in [-0.1, -0.05) is 12.1 Å². The van der Waals surface area contributed by atoms with Crippen molar-refractivity contribution in [2.75, 3.05) is 0 Å². The molecule has 48 valence electrons. The van der Waals surface area contributed by atoms with E-state index in [2.05, 4.69) is 0 Å². The summed E-state index contributed by atoms with van der Waals surface area (Å²) in [5, 5.41) is 17.9. The van der Waals surface area contributed by atoms with Gasteiger partial charge >= 0.3 is 0 Å². The highest BCUT2D eigenvalue weighted by Gasteiger charge is 1.98. The summed E-state index contributed by atoms with van der Waals surface area (Å²) in [6.45, 7) is 1.58. The minimum atomic E-state index is -0.201. The summed E-state index contributed by atoms with van der Waals surface area (Å²) < 4.78 is 7.19. The van der Waals surface area contributed by atoms with Crippen LogP contribution in [0.25, 0.3) is 0 Å². The highest BCUT2D eigenvalue weighted by atomic mass is 16.3. The molecule has 0 heterocycles. The predicted molar refractivity (Wildman–Crippen MR) is 34.5 cm³/mol. The molecular formula is C7H8O2. The standard InChI is InChI=1S/C7H8O2/c1-5-3-2-4-6(8)7(5)9/h2-4,8-9H,1H3/i3D. The molecule has 2 N–H and O–H groups in total. The molecule has 1 rings (SSSR count). The molecule has 0 unspecified atom stereocenters. The first-order valence-corrected chi connectivity index (χ1v) is 2.61. The maximum Gasteiger partial charge on any atom is 0.160 e. The molecule has 1 aromatic carbocycles. The molecule has 0 amide bonds. The molecule has 2 heteroatoms. The fourth-order valence-corrected chi connectivity index (χ4v) is 0.585. The SMILES string of the molecule is [2H]c1ccc(O)c(O)c1C. The Balaban J connectivity index is 3.34. The zero-order chi connectivity index (χ0) is 7.72. The van der Waals surface area contributed by atoms with Crippen LogP contribution in [-0.2, 0) is 0 Å². The normalized spacial score (nSPS) is 11.0. The molecular weight excluding hydrogens is 116 g/mol. The number of hydrogen-bond donors (Lipinski definition) is 2. The first-order valence-electron chi connectivity index (χ1n) is 3.11. The predicted octanol–water partition coefficient (Wildman–Crippen LogP) is 1.41. The summed E-state index contributed by atoms with van der Waals surface area (Å²) >= 11 is 0. The molecule has 0 fully saturated rings. The summed E-state index contributed by atoms with van der Waals surface area (Å²) in [6, 6.07) is 2.96. The van der Waals surface area contributed by atoms with Gasteiger partial charge in [-0.25, -0.2) is 0 Å². The fourth-order valence-electron chi connectivity index (χ4n) is 0.585. The van der Waals surface area contributed by atoms with Crippen LogP contribution in [0.4, 0.5) is 0 Å². The summed E-state index contributed by atoms with van der Waals surface area (Å²) in [6.07, 6.45) is 0. The zero-order valence-electron chi connectivity index (χ0n) is 6.05. The first-order chi connectivity index (χ1) is 4.63. The van der Waals surface area contributed by atoms with Crippen LogP contribution in [0.1, 0.15) is 6.93 Å². The molecule has 0 radical (unpaired) electrons. The van der Waals surface area contributed by atoms with Crippen LogP contribution >= 0.6 is 0 Å². The Morgan fingerprint density at radius 2 is 2.22 bits per heavy atom. The Bertz CT molecular complexity index is 231. The molecule has 0 atom stereocenters. The van der Waals surface area contributed by atoms with E-state index in [1.54, 1.807) is 6.92 Å². The van der Waals surface area contributed by atoms with Crippen LogP contribution in [0.2, 0.25) is 0 Å². The van der Waals surface area contributed by atoms with Crippen LogP contribution in [0, 0.1) is 6.92 Å². The van der Waals surface area contributed by atoms with E-state index in [1.807, 2.05) is 0 Å². The van der Waals surface area contributed by atoms with E-state index in [1.165, 1.54) is 12.1 Å². The van der Waals surface area contributed by atoms with Gasteiger partial charge in [0.05, 0.1) is 1.37 Å². The summed E-state index contributed by atoms with van der Waals surface area (Å²) in [5.74, 6) is -0.374. The van der Waals surface area contributed by atoms with Gasteiger partial charge in [0.15, 0.2) is 11.5 Å². The molecule has 1 aromatic rings. The minimum Gasteiger partial charge on any atom is -0.504 e. The minimum absolute atomic E-state index is 0.173. The monoisotopic (exact) mass is 125 g/mol. The third kappa shape index (κ3) is 0.964. The molecule has 0 bridgehead atoms. The van der Waals surface area contributed by atoms with Gasteiger partial charge in [-0.05, 0) is 18.6 Å². The molecule has 9 heavy (non-hydrogen) atoms. The number of para-hydroxylation sites is 1. The Kier molecular flexibility index (Phi) is 1.03. The average Bonchev–Trinajstić information content (AvgIpc) is 1.93. The smallest absolute Gasteiger partial charge is 0.160 e. The van der Waals surface area contributed by atoms with Crippen molar-refractivity contribution < 1.29 is 11.6 Å². The average molecular weight is 125 g/mol. The van der Waals surface area contributed by atoms with Crippen LogP contribution in [0.15, 0.2) is 18.2 Å². The summed E-state index contributed by atoms with van der Waals surface area (Å²) in [5.41, 5.74) is 0.403. The van der Waals surface area contributed by atoms with Crippen LogP contribution < -0.4 is 0 Å². The van der Waals surface area contributed by atoms with Crippen molar-refractivity contribution in [3.63, 3.8) is 0 Å². The van der Waals surface area contributed by atoms with Crippen molar-refractivity contribution in [2.45, 2.75) is 6.92 Å². The second-order valence-electron chi connectivity index (χ2n) is 1.84. The van der Waals surface area contributed by atoms with E-state index < -0.39 is 0 Å². The molecule has 0 aliphatic rings. The maximum absolute atomic E-state index is 9.02. The Morgan fingerprint density at radius 3 is 2.78 bits per heavy atom. The quantitative estimate of drug-likeness (QED) is 0.514. The van der Waals surface area contributed by atoms with Crippen molar-refractivity contribution in [1.29, 1.82) is 0 Å². The molecule has 2 nitrogen and oxygen atoms in total. The molecule has 0 aliphatic carbocycles. The number of aromatic hydroxyl groups is 2. The van der Waals surface area contributed by atoms with E-state index in [4.69, 9.17) is 11.6 Å². The third-order valence-corrected chi connectivity index (χ3v) is 1.14. The van der Waals surface area contributed by atoms with Gasteiger partial charge in [-0.2, -0.15) is 0 Å². The van der Waals surface area contributed by atoms with Crippen LogP contribution in [0.5, 0.6) is 11.5 Å². The van der Waals surface area contributed by atoms with Gasteiger partial charge in [0, 0.05) is 0 Å². The highest BCUT2D eigenvalue weighted by Crippen LogP contribution is 2.26. The van der Waals surface area contributed by atoms with Crippen molar-refractivity contribution >= 4 is 0 Å². The zero-order valence-corrected chi connectivity index (χ0v) is 5.05. The van der Waals surface area contributed by atoms with E-state index >= 15 is 0 Å². The van der Waals surface area contributed by atoms with E-state index in [0.717, 1.165) is 0 Å². The highest BCUT2D eigenvalue weighted by molar-refractivity contribution is 5.43. The van der Waals surface area contributed by atoms with Gasteiger partial charge in [-0.15, -0.1) is 0 Å². The number of phenolic OH excluding ortho intramolecular Hbond substituents is 2. The lowest BCUT2D eigenvalue weighted by atomic mass is 10.2. The van der Waals surface area contributed by atoms with Crippen LogP contribution in [0.3, 0.4) is 0 Å². The Labute approximate surface area is 54.8 Å². The van der Waals surface area contributed by atoms with E-state index in [9.17, 15) is 0 Å². The van der Waals surface area contributed by atoms with Gasteiger partial charge < -0.3 is 10.2 Å². The number of benzene rings is 1. The van der Waals surface area contributed by atoms with Crippen molar-refractivity contribution in [3.8, 4) is 11.5 Å². The summed E-state index contributed by atoms with van der Waals surface area (Å²) in [7, 11) is 0. The van der Waals surface area contributed by atoms with Crippen molar-refractivity contribution in [3.05, 3.63) is 23.7 Å². The fraction of sp³-hybridized carbons (Fsp3) is 0.143. The Morgan fingerprint density at radius 1 is 1.56 bits per heavy atom. The lowest BCUT2D eigenvalue weighted by Gasteiger charge is -1.97. The van der Waals surface area contributed by atoms with Gasteiger partial charge in [0.25, 0.3) is 0 Å². The largest absolute Gasteiger partial charge is 0.504 e.